The van der Waals surface area contributed by atoms with Gasteiger partial charge in [0.1, 0.15) is 28.8 Å². The summed E-state index contributed by atoms with van der Waals surface area (Å²) >= 11 is 7.69. The van der Waals surface area contributed by atoms with Gasteiger partial charge in [-0.25, -0.2) is 4.98 Å². The van der Waals surface area contributed by atoms with Gasteiger partial charge in [0.15, 0.2) is 5.82 Å². The Morgan fingerprint density at radius 2 is 1.87 bits per heavy atom. The van der Waals surface area contributed by atoms with Gasteiger partial charge in [0.05, 0.1) is 16.8 Å². The second-order valence-electron chi connectivity index (χ2n) is 7.06. The number of aliphatic imine (C=N–C) groups is 1. The minimum atomic E-state index is 0.115. The number of nitrogens with zero attached hydrogens (tertiary/aromatic N) is 5. The van der Waals surface area contributed by atoms with E-state index >= 15 is 0 Å². The molecule has 0 amide bonds. The van der Waals surface area contributed by atoms with E-state index in [4.69, 9.17) is 16.6 Å². The average Bonchev–Trinajstić information content (AvgIpc) is 3.23. The number of halogens is 1. The van der Waals surface area contributed by atoms with Gasteiger partial charge in [0.25, 0.3) is 0 Å². The van der Waals surface area contributed by atoms with Crippen molar-refractivity contribution in [1.82, 2.24) is 19.7 Å². The number of fused-ring (bicyclic) bond motifs is 3. The molecule has 0 fully saturated rings. The van der Waals surface area contributed by atoms with Crippen LogP contribution in [0.5, 0.6) is 5.75 Å². The summed E-state index contributed by atoms with van der Waals surface area (Å²) in [5.74, 6) is 8.05. The fourth-order valence-electron chi connectivity index (χ4n) is 3.48. The maximum Gasteiger partial charge on any atom is 0.160 e. The summed E-state index contributed by atoms with van der Waals surface area (Å²) in [5.41, 5.74) is 4.54. The van der Waals surface area contributed by atoms with Gasteiger partial charge in [0, 0.05) is 16.1 Å². The predicted molar refractivity (Wildman–Crippen MR) is 121 cm³/mol. The number of hydrogen-bond acceptors (Lipinski definition) is 6. The minimum absolute atomic E-state index is 0.115. The van der Waals surface area contributed by atoms with Crippen molar-refractivity contribution in [2.75, 3.05) is 0 Å². The Morgan fingerprint density at radius 3 is 2.61 bits per heavy atom. The van der Waals surface area contributed by atoms with Gasteiger partial charge in [-0.1, -0.05) is 23.7 Å². The Kier molecular flexibility index (Phi) is 4.81. The van der Waals surface area contributed by atoms with E-state index in [9.17, 15) is 5.11 Å². The Labute approximate surface area is 187 Å². The monoisotopic (exact) mass is 445 g/mol. The largest absolute Gasteiger partial charge is 0.506 e. The fraction of sp³-hybridized carbons (Fsp3) is 0.130. The van der Waals surface area contributed by atoms with Crippen LogP contribution in [-0.4, -0.2) is 30.6 Å². The summed E-state index contributed by atoms with van der Waals surface area (Å²) in [5, 5.41) is 19.7. The lowest BCUT2D eigenvalue weighted by Gasteiger charge is -2.09. The molecular weight excluding hydrogens is 430 g/mol. The molecule has 0 radical (unpaired) electrons. The van der Waals surface area contributed by atoms with Gasteiger partial charge in [-0.05, 0) is 55.5 Å². The van der Waals surface area contributed by atoms with Crippen molar-refractivity contribution in [2.45, 2.75) is 20.4 Å². The summed E-state index contributed by atoms with van der Waals surface area (Å²) in [6.07, 6.45) is 1.39. The Bertz CT molecular complexity index is 1390. The van der Waals surface area contributed by atoms with E-state index in [2.05, 4.69) is 38.5 Å². The van der Waals surface area contributed by atoms with E-state index in [0.717, 1.165) is 43.9 Å². The van der Waals surface area contributed by atoms with Crippen LogP contribution < -0.4 is 0 Å². The maximum atomic E-state index is 9.43. The van der Waals surface area contributed by atoms with Crippen LogP contribution in [-0.2, 0) is 6.54 Å². The van der Waals surface area contributed by atoms with Crippen molar-refractivity contribution in [3.8, 4) is 22.6 Å². The van der Waals surface area contributed by atoms with Crippen molar-refractivity contribution in [3.63, 3.8) is 0 Å². The van der Waals surface area contributed by atoms with Crippen molar-refractivity contribution in [3.05, 3.63) is 86.5 Å². The second-order valence-corrected chi connectivity index (χ2v) is 8.49. The van der Waals surface area contributed by atoms with Crippen LogP contribution >= 0.6 is 22.9 Å². The highest BCUT2D eigenvalue weighted by atomic mass is 35.5. The first kappa shape index (κ1) is 19.5. The van der Waals surface area contributed by atoms with Crippen molar-refractivity contribution >= 4 is 28.6 Å². The van der Waals surface area contributed by atoms with Gasteiger partial charge in [-0.3, -0.25) is 9.56 Å². The molecule has 31 heavy (non-hydrogen) atoms. The normalized spacial score (nSPS) is 12.3. The van der Waals surface area contributed by atoms with Crippen molar-refractivity contribution < 1.29 is 5.11 Å². The van der Waals surface area contributed by atoms with E-state index in [1.165, 1.54) is 6.20 Å². The molecule has 0 aliphatic carbocycles. The molecule has 0 spiro atoms. The molecule has 3 aromatic heterocycles. The van der Waals surface area contributed by atoms with Crippen LogP contribution in [0.4, 0.5) is 0 Å². The molecule has 0 saturated carbocycles. The van der Waals surface area contributed by atoms with Crippen LogP contribution in [0.1, 0.15) is 38.9 Å². The standard InChI is InChI=1S/C23H16ClN5OS/c1-13-19(10-8-17-7-9-18(30)11-25-17)31-23-21(13)22(15-3-5-16(24)6-4-15)26-12-20-28-27-14(2)29(20)23/h3-7,9,11,30H,12H2,1-2H3. The zero-order valence-corrected chi connectivity index (χ0v) is 18.3. The van der Waals surface area contributed by atoms with E-state index in [1.54, 1.807) is 23.5 Å². The summed E-state index contributed by atoms with van der Waals surface area (Å²) in [4.78, 5) is 9.96. The van der Waals surface area contributed by atoms with E-state index in [1.807, 2.05) is 31.2 Å². The first-order valence-corrected chi connectivity index (χ1v) is 10.7. The number of pyridine rings is 1. The van der Waals surface area contributed by atoms with Crippen LogP contribution in [0.2, 0.25) is 5.02 Å². The average molecular weight is 446 g/mol. The SMILES string of the molecule is Cc1c(C#Cc2ccc(O)cn2)sc2c1C(c1ccc(Cl)cc1)=NCc1nnc(C)n1-2. The van der Waals surface area contributed by atoms with Crippen LogP contribution in [0.25, 0.3) is 5.00 Å². The number of aromatic hydroxyl groups is 1. The van der Waals surface area contributed by atoms with Gasteiger partial charge >= 0.3 is 0 Å². The van der Waals surface area contributed by atoms with Gasteiger partial charge in [-0.15, -0.1) is 21.5 Å². The highest BCUT2D eigenvalue weighted by Crippen LogP contribution is 2.36. The number of rotatable bonds is 1. The third kappa shape index (κ3) is 3.50. The zero-order valence-electron chi connectivity index (χ0n) is 16.7. The van der Waals surface area contributed by atoms with Crippen LogP contribution in [0.3, 0.4) is 0 Å². The molecule has 5 rings (SSSR count). The third-order valence-electron chi connectivity index (χ3n) is 5.01. The molecule has 1 aliphatic rings. The third-order valence-corrected chi connectivity index (χ3v) is 6.45. The number of hydrogen-bond donors (Lipinski definition) is 1. The molecule has 0 atom stereocenters. The Balaban J connectivity index is 1.69. The molecule has 8 heteroatoms. The highest BCUT2D eigenvalue weighted by Gasteiger charge is 2.27. The van der Waals surface area contributed by atoms with Gasteiger partial charge in [0.2, 0.25) is 0 Å². The summed E-state index contributed by atoms with van der Waals surface area (Å²) in [7, 11) is 0. The van der Waals surface area contributed by atoms with Crippen LogP contribution in [0.15, 0.2) is 47.6 Å². The number of benzene rings is 1. The first-order chi connectivity index (χ1) is 15.0. The molecular formula is C23H16ClN5OS. The van der Waals surface area contributed by atoms with Gasteiger partial charge < -0.3 is 5.11 Å². The van der Waals surface area contributed by atoms with Crippen molar-refractivity contribution in [1.29, 1.82) is 0 Å². The van der Waals surface area contributed by atoms with Gasteiger partial charge in [-0.2, -0.15) is 0 Å². The summed E-state index contributed by atoms with van der Waals surface area (Å²) in [6.45, 7) is 4.44. The molecule has 1 aliphatic heterocycles. The topological polar surface area (TPSA) is 76.2 Å². The molecule has 4 aromatic rings. The fourth-order valence-corrected chi connectivity index (χ4v) is 4.84. The lowest BCUT2D eigenvalue weighted by atomic mass is 10.00. The lowest BCUT2D eigenvalue weighted by Crippen LogP contribution is -2.07. The number of aryl methyl sites for hydroxylation is 1. The Morgan fingerprint density at radius 1 is 1.06 bits per heavy atom. The highest BCUT2D eigenvalue weighted by molar-refractivity contribution is 7.15. The maximum absolute atomic E-state index is 9.43. The Hall–Kier alpha value is -3.47. The lowest BCUT2D eigenvalue weighted by molar-refractivity contribution is 0.472. The zero-order chi connectivity index (χ0) is 21.5. The quantitative estimate of drug-likeness (QED) is 0.439. The minimum Gasteiger partial charge on any atom is -0.506 e. The first-order valence-electron chi connectivity index (χ1n) is 9.53. The van der Waals surface area contributed by atoms with E-state index in [-0.39, 0.29) is 5.75 Å². The van der Waals surface area contributed by atoms with Crippen molar-refractivity contribution in [2.24, 2.45) is 4.99 Å². The molecule has 0 saturated heterocycles. The van der Waals surface area contributed by atoms with E-state index in [0.29, 0.717) is 17.3 Å². The predicted octanol–water partition coefficient (Wildman–Crippen LogP) is 4.45. The molecule has 1 N–H and O–H groups in total. The molecule has 1 aromatic carbocycles. The molecule has 152 valence electrons. The van der Waals surface area contributed by atoms with Crippen LogP contribution in [0, 0.1) is 25.7 Å². The number of thiophene rings is 1. The second kappa shape index (κ2) is 7.65. The molecule has 0 unspecified atom stereocenters. The summed E-state index contributed by atoms with van der Waals surface area (Å²) in [6, 6.07) is 11.0. The molecule has 4 heterocycles. The van der Waals surface area contributed by atoms with E-state index < -0.39 is 0 Å². The molecule has 0 bridgehead atoms. The smallest absolute Gasteiger partial charge is 0.160 e. The molecule has 6 nitrogen and oxygen atoms in total. The number of aromatic nitrogens is 4. The summed E-state index contributed by atoms with van der Waals surface area (Å²) < 4.78 is 2.06.